The van der Waals surface area contributed by atoms with Crippen LogP contribution in [0, 0.1) is 23.3 Å². The number of nitrogens with zero attached hydrogens (tertiary/aromatic N) is 4. The molecule has 6 aromatic rings. The summed E-state index contributed by atoms with van der Waals surface area (Å²) in [6.07, 6.45) is 12.6. The van der Waals surface area contributed by atoms with Crippen molar-refractivity contribution in [1.29, 1.82) is 0 Å². The quantitative estimate of drug-likeness (QED) is 0.0876. The lowest BCUT2D eigenvalue weighted by Gasteiger charge is -2.32. The van der Waals surface area contributed by atoms with Gasteiger partial charge in [0.15, 0.2) is 11.6 Å². The summed E-state index contributed by atoms with van der Waals surface area (Å²) in [6, 6.07) is 8.21. The summed E-state index contributed by atoms with van der Waals surface area (Å²) in [4.78, 5) is 56.0. The van der Waals surface area contributed by atoms with Gasteiger partial charge in [0.2, 0.25) is 0 Å². The second-order valence-electron chi connectivity index (χ2n) is 16.8. The van der Waals surface area contributed by atoms with Gasteiger partial charge in [-0.25, -0.2) is 17.6 Å². The van der Waals surface area contributed by atoms with E-state index in [0.29, 0.717) is 98.2 Å². The SMILES string of the molecule is CCn1ncc2c(F)cc(-c3[nH]c(=O)c(C(/C=C4\CCCC4=O)(CC)CC)cc3F)cc21.CCn1ncc2c(F)cc(-c3[nH]c(=O)c(C(CC)(CC)CC4=CCCC4=O)cc3F)cc21. The second kappa shape index (κ2) is 18.5. The van der Waals surface area contributed by atoms with Crippen LogP contribution < -0.4 is 11.1 Å². The Morgan fingerprint density at radius 3 is 1.58 bits per heavy atom. The summed E-state index contributed by atoms with van der Waals surface area (Å²) >= 11 is 0. The van der Waals surface area contributed by atoms with Crippen molar-refractivity contribution in [3.05, 3.63) is 127 Å². The Labute approximate surface area is 368 Å². The Morgan fingerprint density at radius 2 is 1.14 bits per heavy atom. The Hall–Kier alpha value is -6.18. The minimum Gasteiger partial charge on any atom is -0.319 e. The van der Waals surface area contributed by atoms with Gasteiger partial charge in [0.25, 0.3) is 11.1 Å². The smallest absolute Gasteiger partial charge is 0.252 e. The Kier molecular flexibility index (Phi) is 13.2. The molecule has 2 aliphatic carbocycles. The monoisotopic (exact) mass is 878 g/mol. The van der Waals surface area contributed by atoms with E-state index in [4.69, 9.17) is 0 Å². The summed E-state index contributed by atoms with van der Waals surface area (Å²) in [5.41, 5.74) is 1.27. The lowest BCUT2D eigenvalue weighted by atomic mass is 9.71. The van der Waals surface area contributed by atoms with E-state index in [-0.39, 0.29) is 39.6 Å². The normalized spacial score (nSPS) is 15.2. The number of Topliss-reactive ketones (excluding diaryl/α,β-unsaturated/α-hetero) is 2. The number of fused-ring (bicyclic) bond motifs is 2. The molecule has 2 N–H and O–H groups in total. The van der Waals surface area contributed by atoms with Gasteiger partial charge in [-0.1, -0.05) is 39.8 Å². The number of benzene rings is 2. The topological polar surface area (TPSA) is 136 Å². The molecule has 10 nitrogen and oxygen atoms in total. The number of aromatic nitrogens is 6. The van der Waals surface area contributed by atoms with E-state index in [1.807, 2.05) is 53.7 Å². The maximum Gasteiger partial charge on any atom is 0.252 e. The molecule has 0 bridgehead atoms. The van der Waals surface area contributed by atoms with Gasteiger partial charge in [0, 0.05) is 59.0 Å². The first-order valence-corrected chi connectivity index (χ1v) is 22.3. The molecule has 0 amide bonds. The lowest BCUT2D eigenvalue weighted by Crippen LogP contribution is -2.33. The number of hydrogen-bond donors (Lipinski definition) is 2. The molecule has 0 unspecified atom stereocenters. The molecule has 0 atom stereocenters. The molecule has 64 heavy (non-hydrogen) atoms. The van der Waals surface area contributed by atoms with Gasteiger partial charge in [0.05, 0.1) is 45.6 Å². The fourth-order valence-corrected chi connectivity index (χ4v) is 9.56. The van der Waals surface area contributed by atoms with Crippen molar-refractivity contribution in [3.8, 4) is 22.5 Å². The van der Waals surface area contributed by atoms with Gasteiger partial charge in [-0.15, -0.1) is 0 Å². The van der Waals surface area contributed by atoms with Crippen LogP contribution in [0.2, 0.25) is 0 Å². The van der Waals surface area contributed by atoms with Crippen LogP contribution in [0.3, 0.4) is 0 Å². The van der Waals surface area contributed by atoms with Gasteiger partial charge >= 0.3 is 0 Å². The van der Waals surface area contributed by atoms with E-state index in [0.717, 1.165) is 17.6 Å². The van der Waals surface area contributed by atoms with Gasteiger partial charge in [-0.2, -0.15) is 10.2 Å². The lowest BCUT2D eigenvalue weighted by molar-refractivity contribution is -0.115. The number of aryl methyl sites for hydroxylation is 2. The highest BCUT2D eigenvalue weighted by atomic mass is 19.1. The first kappa shape index (κ1) is 45.8. The van der Waals surface area contributed by atoms with Crippen LogP contribution in [-0.2, 0) is 33.5 Å². The Balaban J connectivity index is 0.000000191. The first-order valence-electron chi connectivity index (χ1n) is 22.3. The summed E-state index contributed by atoms with van der Waals surface area (Å²) < 4.78 is 63.2. The Morgan fingerprint density at radius 1 is 0.625 bits per heavy atom. The van der Waals surface area contributed by atoms with E-state index in [1.165, 1.54) is 36.7 Å². The van der Waals surface area contributed by atoms with Crippen molar-refractivity contribution in [2.75, 3.05) is 0 Å². The largest absolute Gasteiger partial charge is 0.319 e. The van der Waals surface area contributed by atoms with Crippen molar-refractivity contribution in [2.24, 2.45) is 0 Å². The molecule has 4 heterocycles. The van der Waals surface area contributed by atoms with Gasteiger partial charge in [0.1, 0.15) is 23.3 Å². The van der Waals surface area contributed by atoms with Crippen LogP contribution >= 0.6 is 0 Å². The predicted molar refractivity (Wildman–Crippen MR) is 241 cm³/mol. The molecular formula is C50H54F4N6O4. The van der Waals surface area contributed by atoms with Crippen molar-refractivity contribution >= 4 is 33.4 Å². The molecule has 4 aromatic heterocycles. The number of nitrogens with one attached hydrogen (secondary N) is 2. The molecule has 1 saturated carbocycles. The molecule has 0 radical (unpaired) electrons. The van der Waals surface area contributed by atoms with Crippen molar-refractivity contribution in [1.82, 2.24) is 29.5 Å². The second-order valence-corrected chi connectivity index (χ2v) is 16.8. The van der Waals surface area contributed by atoms with E-state index >= 15 is 8.78 Å². The number of allylic oxidation sites excluding steroid dienone is 4. The van der Waals surface area contributed by atoms with Crippen LogP contribution in [0.5, 0.6) is 0 Å². The molecule has 336 valence electrons. The third-order valence-electron chi connectivity index (χ3n) is 13.6. The number of pyridine rings is 2. The van der Waals surface area contributed by atoms with E-state index in [2.05, 4.69) is 20.2 Å². The third kappa shape index (κ3) is 8.34. The maximum absolute atomic E-state index is 15.4. The zero-order valence-corrected chi connectivity index (χ0v) is 37.2. The summed E-state index contributed by atoms with van der Waals surface area (Å²) in [6.45, 7) is 12.6. The standard InChI is InChI=1S/2C25H27F2N3O2/c2*1-4-25(5-2,13-15-8-7-9-22(15)31)18-12-20(27)23(29-24(18)32)16-10-19(26)17-14-28-30(6-3)21(17)11-16/h10-14H,4-9H2,1-3H3,(H,29,32);8,10-12,14H,4-7,9,13H2,1-3H3,(H,29,32)/b15-13+;. The molecule has 2 aliphatic rings. The van der Waals surface area contributed by atoms with Crippen LogP contribution in [0.4, 0.5) is 17.6 Å². The summed E-state index contributed by atoms with van der Waals surface area (Å²) in [5.74, 6) is -2.11. The minimum absolute atomic E-state index is 0.0549. The van der Waals surface area contributed by atoms with E-state index in [9.17, 15) is 28.0 Å². The highest BCUT2D eigenvalue weighted by Crippen LogP contribution is 2.40. The predicted octanol–water partition coefficient (Wildman–Crippen LogP) is 10.9. The number of H-pyrrole nitrogens is 2. The number of ketones is 2. The van der Waals surface area contributed by atoms with E-state index in [1.54, 1.807) is 21.5 Å². The molecule has 0 saturated heterocycles. The molecule has 1 fully saturated rings. The fraction of sp³-hybridized carbons (Fsp3) is 0.400. The maximum atomic E-state index is 15.4. The third-order valence-corrected chi connectivity index (χ3v) is 13.6. The molecule has 8 rings (SSSR count). The van der Waals surface area contributed by atoms with Crippen LogP contribution in [-0.4, -0.2) is 41.1 Å². The van der Waals surface area contributed by atoms with Gasteiger partial charge in [-0.3, -0.25) is 28.5 Å². The van der Waals surface area contributed by atoms with Gasteiger partial charge < -0.3 is 9.97 Å². The van der Waals surface area contributed by atoms with Crippen molar-refractivity contribution in [3.63, 3.8) is 0 Å². The minimum atomic E-state index is -0.738. The molecule has 0 aliphatic heterocycles. The molecule has 2 aromatic carbocycles. The highest BCUT2D eigenvalue weighted by molar-refractivity contribution is 5.98. The number of carbonyl (C=O) groups excluding carboxylic acids is 2. The first-order chi connectivity index (χ1) is 30.7. The number of carbonyl (C=O) groups is 2. The molecule has 14 heteroatoms. The van der Waals surface area contributed by atoms with Crippen LogP contribution in [0.15, 0.2) is 81.7 Å². The average Bonchev–Trinajstić information content (AvgIpc) is 4.11. The van der Waals surface area contributed by atoms with Crippen LogP contribution in [0.1, 0.15) is 117 Å². The number of halogens is 4. The fourth-order valence-electron chi connectivity index (χ4n) is 9.56. The average molecular weight is 879 g/mol. The zero-order valence-electron chi connectivity index (χ0n) is 37.2. The number of rotatable bonds is 13. The van der Waals surface area contributed by atoms with Crippen molar-refractivity contribution < 1.29 is 27.2 Å². The highest BCUT2D eigenvalue weighted by Gasteiger charge is 2.36. The van der Waals surface area contributed by atoms with Crippen LogP contribution in [0.25, 0.3) is 44.3 Å². The molecule has 0 spiro atoms. The summed E-state index contributed by atoms with van der Waals surface area (Å²) in [7, 11) is 0. The summed E-state index contributed by atoms with van der Waals surface area (Å²) in [5, 5.41) is 8.99. The van der Waals surface area contributed by atoms with E-state index < -0.39 is 45.2 Å². The Bertz CT molecular complexity index is 2960. The van der Waals surface area contributed by atoms with Crippen molar-refractivity contribution in [2.45, 2.75) is 130 Å². The zero-order chi connectivity index (χ0) is 46.1. The number of hydrogen-bond acceptors (Lipinski definition) is 6. The van der Waals surface area contributed by atoms with Gasteiger partial charge in [-0.05, 0) is 113 Å². The molecular weight excluding hydrogens is 825 g/mol. The number of aromatic amines is 2.